The maximum atomic E-state index is 13.2. The molecule has 2 N–H and O–H groups in total. The lowest BCUT2D eigenvalue weighted by atomic mass is 9.83. The summed E-state index contributed by atoms with van der Waals surface area (Å²) in [5.74, 6) is -0.169. The van der Waals surface area contributed by atoms with Crippen LogP contribution in [0, 0.1) is 12.7 Å². The number of rotatable bonds is 5. The zero-order valence-corrected chi connectivity index (χ0v) is 13.0. The summed E-state index contributed by atoms with van der Waals surface area (Å²) in [6.07, 6.45) is 4.41. The van der Waals surface area contributed by atoms with Gasteiger partial charge in [-0.2, -0.15) is 0 Å². The lowest BCUT2D eigenvalue weighted by Crippen LogP contribution is -2.57. The first kappa shape index (κ1) is 15.5. The van der Waals surface area contributed by atoms with Crippen LogP contribution >= 0.6 is 0 Å². The van der Waals surface area contributed by atoms with Crippen molar-refractivity contribution in [1.29, 1.82) is 0 Å². The molecule has 20 heavy (non-hydrogen) atoms. The smallest absolute Gasteiger partial charge is 0.123 e. The first-order valence-electron chi connectivity index (χ1n) is 7.73. The van der Waals surface area contributed by atoms with Crippen LogP contribution in [0.1, 0.15) is 44.2 Å². The summed E-state index contributed by atoms with van der Waals surface area (Å²) in [6, 6.07) is 5.09. The van der Waals surface area contributed by atoms with Crippen molar-refractivity contribution < 1.29 is 4.39 Å². The van der Waals surface area contributed by atoms with Crippen molar-refractivity contribution in [3.8, 4) is 0 Å². The molecule has 1 aromatic rings. The van der Waals surface area contributed by atoms with Crippen LogP contribution in [0.3, 0.4) is 0 Å². The molecule has 2 atom stereocenters. The van der Waals surface area contributed by atoms with Crippen LogP contribution in [0.4, 0.5) is 4.39 Å². The van der Waals surface area contributed by atoms with E-state index in [1.165, 1.54) is 18.9 Å². The van der Waals surface area contributed by atoms with Crippen molar-refractivity contribution in [2.24, 2.45) is 5.73 Å². The molecule has 1 fully saturated rings. The third-order valence-electron chi connectivity index (χ3n) is 5.09. The van der Waals surface area contributed by atoms with E-state index in [1.54, 1.807) is 6.07 Å². The van der Waals surface area contributed by atoms with Crippen LogP contribution in [-0.2, 0) is 6.42 Å². The Labute approximate surface area is 122 Å². The molecule has 0 amide bonds. The lowest BCUT2D eigenvalue weighted by molar-refractivity contribution is 0.0998. The van der Waals surface area contributed by atoms with Gasteiger partial charge in [0.05, 0.1) is 0 Å². The van der Waals surface area contributed by atoms with E-state index in [1.807, 2.05) is 13.0 Å². The van der Waals surface area contributed by atoms with Gasteiger partial charge in [-0.25, -0.2) is 4.39 Å². The lowest BCUT2D eigenvalue weighted by Gasteiger charge is -2.43. The van der Waals surface area contributed by atoms with E-state index in [2.05, 4.69) is 18.7 Å². The molecule has 2 unspecified atom stereocenters. The molecule has 0 aromatic heterocycles. The molecule has 1 saturated heterocycles. The molecule has 0 saturated carbocycles. The molecule has 0 aliphatic carbocycles. The van der Waals surface area contributed by atoms with Gasteiger partial charge < -0.3 is 5.73 Å². The fourth-order valence-corrected chi connectivity index (χ4v) is 3.29. The summed E-state index contributed by atoms with van der Waals surface area (Å²) in [6.45, 7) is 8.77. The van der Waals surface area contributed by atoms with Gasteiger partial charge in [-0.3, -0.25) is 4.90 Å². The fraction of sp³-hybridized carbons (Fsp3) is 0.647. The molecule has 1 aromatic carbocycles. The van der Waals surface area contributed by atoms with Crippen LogP contribution in [0.2, 0.25) is 0 Å². The second kappa shape index (κ2) is 6.23. The van der Waals surface area contributed by atoms with Crippen LogP contribution < -0.4 is 5.73 Å². The van der Waals surface area contributed by atoms with Crippen molar-refractivity contribution >= 4 is 0 Å². The number of nitrogens with two attached hydrogens (primary N) is 1. The molecule has 112 valence electrons. The van der Waals surface area contributed by atoms with Crippen molar-refractivity contribution in [2.75, 3.05) is 13.1 Å². The highest BCUT2D eigenvalue weighted by molar-refractivity contribution is 5.28. The highest BCUT2D eigenvalue weighted by Gasteiger charge is 2.37. The Morgan fingerprint density at radius 3 is 2.55 bits per heavy atom. The number of aryl methyl sites for hydroxylation is 1. The Morgan fingerprint density at radius 2 is 2.00 bits per heavy atom. The fourth-order valence-electron chi connectivity index (χ4n) is 3.29. The SMILES string of the molecule is CCC(C)(C(N)Cc1ccc(F)cc1C)N1CCCC1. The third kappa shape index (κ3) is 3.04. The molecule has 1 aliphatic heterocycles. The maximum absolute atomic E-state index is 13.2. The van der Waals surface area contributed by atoms with Gasteiger partial charge in [-0.15, -0.1) is 0 Å². The van der Waals surface area contributed by atoms with Crippen molar-refractivity contribution in [3.05, 3.63) is 35.1 Å². The second-order valence-corrected chi connectivity index (χ2v) is 6.29. The molecule has 2 rings (SSSR count). The minimum absolute atomic E-state index is 0.0390. The Kier molecular flexibility index (Phi) is 4.82. The quantitative estimate of drug-likeness (QED) is 0.895. The molecule has 0 spiro atoms. The van der Waals surface area contributed by atoms with Crippen molar-refractivity contribution in [1.82, 2.24) is 4.90 Å². The van der Waals surface area contributed by atoms with Gasteiger partial charge in [0.1, 0.15) is 5.82 Å². The van der Waals surface area contributed by atoms with Crippen LogP contribution in [0.15, 0.2) is 18.2 Å². The molecule has 0 bridgehead atoms. The van der Waals surface area contributed by atoms with E-state index < -0.39 is 0 Å². The largest absolute Gasteiger partial charge is 0.326 e. The zero-order valence-electron chi connectivity index (χ0n) is 13.0. The Bertz CT molecular complexity index is 454. The Morgan fingerprint density at radius 1 is 1.35 bits per heavy atom. The summed E-state index contributed by atoms with van der Waals surface area (Å²) in [4.78, 5) is 2.54. The molecular weight excluding hydrogens is 251 g/mol. The number of hydrogen-bond acceptors (Lipinski definition) is 2. The second-order valence-electron chi connectivity index (χ2n) is 6.29. The van der Waals surface area contributed by atoms with Gasteiger partial charge in [0.2, 0.25) is 0 Å². The van der Waals surface area contributed by atoms with E-state index in [-0.39, 0.29) is 17.4 Å². The van der Waals surface area contributed by atoms with Gasteiger partial charge in [0.15, 0.2) is 0 Å². The maximum Gasteiger partial charge on any atom is 0.123 e. The standard InChI is InChI=1S/C17H27FN2/c1-4-17(3,20-9-5-6-10-20)16(19)12-14-7-8-15(18)11-13(14)2/h7-8,11,16H,4-6,9-10,12,19H2,1-3H3. The molecule has 1 heterocycles. The van der Waals surface area contributed by atoms with Crippen LogP contribution in [0.25, 0.3) is 0 Å². The highest BCUT2D eigenvalue weighted by Crippen LogP contribution is 2.29. The summed E-state index contributed by atoms with van der Waals surface area (Å²) in [5.41, 5.74) is 8.75. The van der Waals surface area contributed by atoms with E-state index >= 15 is 0 Å². The predicted octanol–water partition coefficient (Wildman–Crippen LogP) is 3.27. The zero-order chi connectivity index (χ0) is 14.8. The van der Waals surface area contributed by atoms with Gasteiger partial charge in [-0.05, 0) is 75.9 Å². The molecule has 1 aliphatic rings. The first-order chi connectivity index (χ1) is 9.47. The number of benzene rings is 1. The highest BCUT2D eigenvalue weighted by atomic mass is 19.1. The molecule has 0 radical (unpaired) electrons. The minimum Gasteiger partial charge on any atom is -0.326 e. The summed E-state index contributed by atoms with van der Waals surface area (Å²) < 4.78 is 13.2. The molecule has 2 nitrogen and oxygen atoms in total. The number of nitrogens with zero attached hydrogens (tertiary/aromatic N) is 1. The number of hydrogen-bond donors (Lipinski definition) is 1. The van der Waals surface area contributed by atoms with Crippen LogP contribution in [0.5, 0.6) is 0 Å². The normalized spacial score (nSPS) is 20.9. The molecule has 3 heteroatoms. The van der Waals surface area contributed by atoms with E-state index in [9.17, 15) is 4.39 Å². The summed E-state index contributed by atoms with van der Waals surface area (Å²) in [7, 11) is 0. The average Bonchev–Trinajstić information content (AvgIpc) is 2.95. The topological polar surface area (TPSA) is 29.3 Å². The number of halogens is 1. The van der Waals surface area contributed by atoms with E-state index in [4.69, 9.17) is 5.73 Å². The van der Waals surface area contributed by atoms with E-state index in [0.717, 1.165) is 37.1 Å². The van der Waals surface area contributed by atoms with Gasteiger partial charge >= 0.3 is 0 Å². The minimum atomic E-state index is -0.169. The van der Waals surface area contributed by atoms with Crippen molar-refractivity contribution in [2.45, 2.75) is 58.0 Å². The van der Waals surface area contributed by atoms with Gasteiger partial charge in [-0.1, -0.05) is 13.0 Å². The number of likely N-dealkylation sites (tertiary alicyclic amines) is 1. The summed E-state index contributed by atoms with van der Waals surface area (Å²) in [5, 5.41) is 0. The van der Waals surface area contributed by atoms with E-state index in [0.29, 0.717) is 0 Å². The Hall–Kier alpha value is -0.930. The van der Waals surface area contributed by atoms with Gasteiger partial charge in [0, 0.05) is 11.6 Å². The van der Waals surface area contributed by atoms with Crippen LogP contribution in [-0.4, -0.2) is 29.6 Å². The first-order valence-corrected chi connectivity index (χ1v) is 7.73. The third-order valence-corrected chi connectivity index (χ3v) is 5.09. The monoisotopic (exact) mass is 278 g/mol. The summed E-state index contributed by atoms with van der Waals surface area (Å²) >= 11 is 0. The van der Waals surface area contributed by atoms with Crippen molar-refractivity contribution in [3.63, 3.8) is 0 Å². The molecular formula is C17H27FN2. The predicted molar refractivity (Wildman–Crippen MR) is 82.3 cm³/mol. The Balaban J connectivity index is 2.14. The average molecular weight is 278 g/mol. The van der Waals surface area contributed by atoms with Gasteiger partial charge in [0.25, 0.3) is 0 Å².